The van der Waals surface area contributed by atoms with E-state index >= 15 is 0 Å². The Hall–Kier alpha value is -2.47. The van der Waals surface area contributed by atoms with E-state index in [0.29, 0.717) is 11.6 Å². The number of alkyl halides is 1. The first kappa shape index (κ1) is 15.1. The van der Waals surface area contributed by atoms with Gasteiger partial charge in [0, 0.05) is 0 Å². The number of aromatic hydroxyl groups is 1. The van der Waals surface area contributed by atoms with Crippen molar-refractivity contribution < 1.29 is 14.3 Å². The number of anilines is 1. The molecule has 3 aromatic rings. The zero-order valence-corrected chi connectivity index (χ0v) is 13.7. The van der Waals surface area contributed by atoms with Gasteiger partial charge in [-0.15, -0.1) is 0 Å². The summed E-state index contributed by atoms with van der Waals surface area (Å²) >= 11 is 1.36. The fourth-order valence-corrected chi connectivity index (χ4v) is 3.62. The summed E-state index contributed by atoms with van der Waals surface area (Å²) in [6.07, 6.45) is -0.711. The Balaban J connectivity index is 1.66. The van der Waals surface area contributed by atoms with E-state index in [1.807, 2.05) is 37.3 Å². The van der Waals surface area contributed by atoms with Gasteiger partial charge in [0.25, 0.3) is 0 Å². The molecule has 1 heterocycles. The second-order valence-corrected chi connectivity index (χ2v) is 7.03. The zero-order valence-electron chi connectivity index (χ0n) is 12.9. The molecule has 1 unspecified atom stereocenters. The molecule has 122 valence electrons. The highest BCUT2D eigenvalue weighted by molar-refractivity contribution is 7.22. The van der Waals surface area contributed by atoms with Crippen LogP contribution in [-0.4, -0.2) is 22.2 Å². The lowest BCUT2D eigenvalue weighted by molar-refractivity contribution is -0.117. The van der Waals surface area contributed by atoms with Gasteiger partial charge in [0.15, 0.2) is 5.13 Å². The summed E-state index contributed by atoms with van der Waals surface area (Å²) < 4.78 is 13.9. The summed E-state index contributed by atoms with van der Waals surface area (Å²) in [7, 11) is 0. The van der Waals surface area contributed by atoms with E-state index in [1.165, 1.54) is 11.3 Å². The lowest BCUT2D eigenvalue weighted by atomic mass is 10.00. The highest BCUT2D eigenvalue weighted by atomic mass is 32.1. The van der Waals surface area contributed by atoms with Gasteiger partial charge in [0.1, 0.15) is 11.9 Å². The van der Waals surface area contributed by atoms with Crippen molar-refractivity contribution >= 4 is 32.6 Å². The van der Waals surface area contributed by atoms with E-state index in [9.17, 15) is 14.3 Å². The standard InChI is InChI=1S/C18H15FN2O2S/c1-9-11(3-2-4-15(9)22)10-5-6-14-16(7-10)24-18(20-14)21-17(23)12-8-13(12)19/h2-7,12-13,22H,8H2,1H3,(H,20,21,23)/t12-,13?/m1/s1. The maximum Gasteiger partial charge on any atom is 0.232 e. The largest absolute Gasteiger partial charge is 0.508 e. The summed E-state index contributed by atoms with van der Waals surface area (Å²) in [5.41, 5.74) is 3.53. The number of hydrogen-bond donors (Lipinski definition) is 2. The molecule has 1 aliphatic rings. The molecule has 6 heteroatoms. The highest BCUT2D eigenvalue weighted by Crippen LogP contribution is 2.37. The predicted molar refractivity (Wildman–Crippen MR) is 93.1 cm³/mol. The smallest absolute Gasteiger partial charge is 0.232 e. The molecule has 2 N–H and O–H groups in total. The molecule has 24 heavy (non-hydrogen) atoms. The third-order valence-corrected chi connectivity index (χ3v) is 5.22. The molecule has 1 aliphatic carbocycles. The van der Waals surface area contributed by atoms with E-state index in [-0.39, 0.29) is 11.7 Å². The number of benzene rings is 2. The van der Waals surface area contributed by atoms with Crippen LogP contribution in [0, 0.1) is 12.8 Å². The van der Waals surface area contributed by atoms with Gasteiger partial charge in [-0.1, -0.05) is 29.5 Å². The fraction of sp³-hybridized carbons (Fsp3) is 0.222. The lowest BCUT2D eigenvalue weighted by Crippen LogP contribution is -2.14. The van der Waals surface area contributed by atoms with Crippen LogP contribution in [0.2, 0.25) is 0 Å². The molecule has 4 rings (SSSR count). The Bertz CT molecular complexity index is 953. The van der Waals surface area contributed by atoms with Crippen LogP contribution >= 0.6 is 11.3 Å². The number of phenolic OH excluding ortho intramolecular Hbond substituents is 1. The SMILES string of the molecule is Cc1c(O)cccc1-c1ccc2nc(NC(=O)[C@@H]3CC3F)sc2c1. The molecule has 0 bridgehead atoms. The van der Waals surface area contributed by atoms with Gasteiger partial charge < -0.3 is 10.4 Å². The third kappa shape index (κ3) is 2.63. The van der Waals surface area contributed by atoms with Gasteiger partial charge in [-0.05, 0) is 48.2 Å². The normalized spacial score (nSPS) is 19.4. The van der Waals surface area contributed by atoms with E-state index in [0.717, 1.165) is 26.9 Å². The van der Waals surface area contributed by atoms with Crippen molar-refractivity contribution in [3.63, 3.8) is 0 Å². The van der Waals surface area contributed by atoms with Crippen molar-refractivity contribution in [1.29, 1.82) is 0 Å². The Morgan fingerprint density at radius 3 is 2.92 bits per heavy atom. The monoisotopic (exact) mass is 342 g/mol. The molecule has 0 radical (unpaired) electrons. The first-order valence-corrected chi connectivity index (χ1v) is 8.49. The number of nitrogens with zero attached hydrogens (tertiary/aromatic N) is 1. The number of hydrogen-bond acceptors (Lipinski definition) is 4. The average molecular weight is 342 g/mol. The van der Waals surface area contributed by atoms with Crippen molar-refractivity contribution in [2.75, 3.05) is 5.32 Å². The Morgan fingerprint density at radius 1 is 1.38 bits per heavy atom. The molecule has 2 aromatic carbocycles. The fourth-order valence-electron chi connectivity index (χ4n) is 2.72. The average Bonchev–Trinajstić information content (AvgIpc) is 3.15. The summed E-state index contributed by atoms with van der Waals surface area (Å²) in [5, 5.41) is 13.0. The van der Waals surface area contributed by atoms with Crippen molar-refractivity contribution in [2.24, 2.45) is 5.92 Å². The number of nitrogens with one attached hydrogen (secondary N) is 1. The molecule has 1 fully saturated rings. The number of halogens is 1. The van der Waals surface area contributed by atoms with Crippen molar-refractivity contribution in [3.8, 4) is 16.9 Å². The van der Waals surface area contributed by atoms with Crippen LogP contribution in [-0.2, 0) is 4.79 Å². The number of carbonyl (C=O) groups excluding carboxylic acids is 1. The summed E-state index contributed by atoms with van der Waals surface area (Å²) in [5.74, 6) is -0.566. The molecular formula is C18H15FN2O2S. The molecule has 0 aliphatic heterocycles. The molecular weight excluding hydrogens is 327 g/mol. The minimum Gasteiger partial charge on any atom is -0.508 e. The second-order valence-electron chi connectivity index (χ2n) is 6.00. The molecule has 1 aromatic heterocycles. The van der Waals surface area contributed by atoms with Crippen molar-refractivity contribution in [2.45, 2.75) is 19.5 Å². The molecule has 1 amide bonds. The minimum atomic E-state index is -1.01. The summed E-state index contributed by atoms with van der Waals surface area (Å²) in [6, 6.07) is 11.2. The van der Waals surface area contributed by atoms with Crippen LogP contribution in [0.3, 0.4) is 0 Å². The lowest BCUT2D eigenvalue weighted by Gasteiger charge is -2.07. The number of fused-ring (bicyclic) bond motifs is 1. The van der Waals surface area contributed by atoms with Crippen LogP contribution in [0.1, 0.15) is 12.0 Å². The van der Waals surface area contributed by atoms with E-state index < -0.39 is 12.1 Å². The summed E-state index contributed by atoms with van der Waals surface area (Å²) in [4.78, 5) is 16.2. The highest BCUT2D eigenvalue weighted by Gasteiger charge is 2.43. The zero-order chi connectivity index (χ0) is 16.8. The number of thiazole rings is 1. The van der Waals surface area contributed by atoms with Crippen molar-refractivity contribution in [1.82, 2.24) is 4.98 Å². The quantitative estimate of drug-likeness (QED) is 0.747. The number of amides is 1. The predicted octanol–water partition coefficient (Wildman–Crippen LogP) is 4.27. The van der Waals surface area contributed by atoms with Crippen LogP contribution in [0.5, 0.6) is 5.75 Å². The van der Waals surface area contributed by atoms with Gasteiger partial charge in [-0.3, -0.25) is 4.79 Å². The van der Waals surface area contributed by atoms with Crippen LogP contribution in [0.15, 0.2) is 36.4 Å². The molecule has 2 atom stereocenters. The van der Waals surface area contributed by atoms with Gasteiger partial charge in [-0.2, -0.15) is 0 Å². The van der Waals surface area contributed by atoms with Crippen LogP contribution < -0.4 is 5.32 Å². The number of carbonyl (C=O) groups is 1. The molecule has 4 nitrogen and oxygen atoms in total. The molecule has 0 spiro atoms. The third-order valence-electron chi connectivity index (χ3n) is 4.28. The van der Waals surface area contributed by atoms with E-state index in [4.69, 9.17) is 0 Å². The maximum atomic E-state index is 12.9. The number of phenols is 1. The Labute approximate surface area is 142 Å². The van der Waals surface area contributed by atoms with E-state index in [2.05, 4.69) is 10.3 Å². The topological polar surface area (TPSA) is 62.2 Å². The van der Waals surface area contributed by atoms with Gasteiger partial charge in [-0.25, -0.2) is 9.37 Å². The van der Waals surface area contributed by atoms with Crippen LogP contribution in [0.25, 0.3) is 21.3 Å². The van der Waals surface area contributed by atoms with Crippen LogP contribution in [0.4, 0.5) is 9.52 Å². The number of rotatable bonds is 3. The van der Waals surface area contributed by atoms with Gasteiger partial charge >= 0.3 is 0 Å². The second kappa shape index (κ2) is 5.56. The van der Waals surface area contributed by atoms with Crippen molar-refractivity contribution in [3.05, 3.63) is 42.0 Å². The van der Waals surface area contributed by atoms with E-state index in [1.54, 1.807) is 6.07 Å². The minimum absolute atomic E-state index is 0.259. The van der Waals surface area contributed by atoms with Gasteiger partial charge in [0.05, 0.1) is 16.1 Å². The summed E-state index contributed by atoms with van der Waals surface area (Å²) in [6.45, 7) is 1.87. The maximum absolute atomic E-state index is 12.9. The first-order chi connectivity index (χ1) is 11.5. The Kier molecular flexibility index (Phi) is 3.49. The van der Waals surface area contributed by atoms with Gasteiger partial charge in [0.2, 0.25) is 5.91 Å². The Morgan fingerprint density at radius 2 is 2.17 bits per heavy atom. The molecule has 0 saturated heterocycles. The molecule has 1 saturated carbocycles. The number of aromatic nitrogens is 1. The first-order valence-electron chi connectivity index (χ1n) is 7.67.